The van der Waals surface area contributed by atoms with Crippen LogP contribution < -0.4 is 15.0 Å². The molecule has 5 rings (SSSR count). The maximum atomic E-state index is 11.4. The van der Waals surface area contributed by atoms with Crippen molar-refractivity contribution in [3.63, 3.8) is 0 Å². The summed E-state index contributed by atoms with van der Waals surface area (Å²) in [5.41, 5.74) is 3.05. The molecule has 2 bridgehead atoms. The van der Waals surface area contributed by atoms with Crippen LogP contribution in [0.15, 0.2) is 36.8 Å². The van der Waals surface area contributed by atoms with E-state index in [2.05, 4.69) is 21.4 Å². The molecular weight excluding hydrogens is 392 g/mol. The van der Waals surface area contributed by atoms with Crippen molar-refractivity contribution in [1.29, 1.82) is 5.26 Å². The molecule has 2 aliphatic rings. The number of ether oxygens (including phenoxy) is 1. The highest BCUT2D eigenvalue weighted by molar-refractivity contribution is 5.85. The number of carbonyl (C=O) groups is 1. The van der Waals surface area contributed by atoms with Crippen molar-refractivity contribution in [1.82, 2.24) is 19.9 Å². The van der Waals surface area contributed by atoms with Crippen LogP contribution in [0, 0.1) is 11.3 Å². The van der Waals surface area contributed by atoms with Crippen LogP contribution in [0.3, 0.4) is 0 Å². The number of nitriles is 1. The van der Waals surface area contributed by atoms with Crippen LogP contribution in [-0.4, -0.2) is 45.2 Å². The highest BCUT2D eigenvalue weighted by Gasteiger charge is 2.46. The van der Waals surface area contributed by atoms with Crippen LogP contribution in [0.25, 0.3) is 16.6 Å². The predicted octanol–water partition coefficient (Wildman–Crippen LogP) is 2.91. The van der Waals surface area contributed by atoms with Gasteiger partial charge in [-0.25, -0.2) is 9.50 Å². The molecule has 0 aliphatic carbocycles. The van der Waals surface area contributed by atoms with Gasteiger partial charge in [0, 0.05) is 42.4 Å². The second-order valence-corrected chi connectivity index (χ2v) is 8.21. The summed E-state index contributed by atoms with van der Waals surface area (Å²) in [5.74, 6) is 1.69. The molecule has 2 unspecified atom stereocenters. The summed E-state index contributed by atoms with van der Waals surface area (Å²) in [6.07, 6.45) is 8.28. The molecular formula is C23H24N6O2. The van der Waals surface area contributed by atoms with Crippen molar-refractivity contribution >= 4 is 17.2 Å². The Balaban J connectivity index is 1.44. The van der Waals surface area contributed by atoms with Gasteiger partial charge in [-0.1, -0.05) is 0 Å². The molecule has 0 aromatic carbocycles. The van der Waals surface area contributed by atoms with Gasteiger partial charge in [0.25, 0.3) is 0 Å². The van der Waals surface area contributed by atoms with E-state index in [4.69, 9.17) is 9.72 Å². The van der Waals surface area contributed by atoms with Gasteiger partial charge in [0.05, 0.1) is 30.1 Å². The molecule has 158 valence electrons. The monoisotopic (exact) mass is 416 g/mol. The quantitative estimate of drug-likeness (QED) is 0.687. The van der Waals surface area contributed by atoms with Crippen LogP contribution in [0.4, 0.5) is 5.82 Å². The van der Waals surface area contributed by atoms with E-state index in [1.807, 2.05) is 31.3 Å². The van der Waals surface area contributed by atoms with Gasteiger partial charge in [0.15, 0.2) is 0 Å². The lowest BCUT2D eigenvalue weighted by atomic mass is 9.77. The fourth-order valence-electron chi connectivity index (χ4n) is 5.00. The standard InChI is InChI=1S/C23H24N6O2/c1-3-31-20-9-21(23-16(10-24)12-26-28(23)13-20)15-4-5-22(25-11-15)29-18-6-17(27-14(2)30)7-19(29)8-18/h4-5,9,11-13,17-19H,3,6-8H2,1-2H3,(H,27,30). The smallest absolute Gasteiger partial charge is 0.217 e. The van der Waals surface area contributed by atoms with E-state index < -0.39 is 0 Å². The van der Waals surface area contributed by atoms with Crippen molar-refractivity contribution < 1.29 is 9.53 Å². The fraction of sp³-hybridized carbons (Fsp3) is 0.391. The minimum absolute atomic E-state index is 0.0394. The fourth-order valence-corrected chi connectivity index (χ4v) is 5.00. The molecule has 8 heteroatoms. The number of anilines is 1. The van der Waals surface area contributed by atoms with Crippen LogP contribution >= 0.6 is 0 Å². The molecule has 0 spiro atoms. The Hall–Kier alpha value is -3.60. The zero-order valence-electron chi connectivity index (χ0n) is 17.6. The SMILES string of the molecule is CCOc1cc(-c2ccc(N3C4CC(NC(C)=O)CC3C4)nc2)c2c(C#N)cnn2c1. The number of carbonyl (C=O) groups excluding carboxylic acids is 1. The number of amides is 1. The molecule has 0 saturated carbocycles. The Labute approximate surface area is 180 Å². The Morgan fingerprint density at radius 3 is 2.74 bits per heavy atom. The van der Waals surface area contributed by atoms with Gasteiger partial charge in [-0.3, -0.25) is 4.79 Å². The number of rotatable bonds is 5. The summed E-state index contributed by atoms with van der Waals surface area (Å²) in [4.78, 5) is 18.5. The molecule has 0 radical (unpaired) electrons. The predicted molar refractivity (Wildman–Crippen MR) is 116 cm³/mol. The third kappa shape index (κ3) is 3.36. The first kappa shape index (κ1) is 19.4. The van der Waals surface area contributed by atoms with E-state index in [0.29, 0.717) is 30.0 Å². The summed E-state index contributed by atoms with van der Waals surface area (Å²) >= 11 is 0. The Morgan fingerprint density at radius 2 is 2.10 bits per heavy atom. The number of aromatic nitrogens is 3. The first-order valence-corrected chi connectivity index (χ1v) is 10.6. The van der Waals surface area contributed by atoms with Crippen molar-refractivity contribution in [3.8, 4) is 22.9 Å². The minimum Gasteiger partial charge on any atom is -0.492 e. The number of nitrogens with one attached hydrogen (secondary N) is 1. The summed E-state index contributed by atoms with van der Waals surface area (Å²) in [6.45, 7) is 4.06. The number of nitrogens with zero attached hydrogens (tertiary/aromatic N) is 5. The van der Waals surface area contributed by atoms with E-state index in [1.165, 1.54) is 0 Å². The van der Waals surface area contributed by atoms with Crippen molar-refractivity contribution in [2.75, 3.05) is 11.5 Å². The number of hydrogen-bond donors (Lipinski definition) is 1. The third-order valence-electron chi connectivity index (χ3n) is 6.19. The molecule has 2 atom stereocenters. The number of pyridine rings is 2. The first-order valence-electron chi connectivity index (χ1n) is 10.6. The van der Waals surface area contributed by atoms with Gasteiger partial charge in [0.1, 0.15) is 17.6 Å². The molecule has 31 heavy (non-hydrogen) atoms. The second kappa shape index (κ2) is 7.58. The number of piperidine rings is 1. The maximum Gasteiger partial charge on any atom is 0.217 e. The minimum atomic E-state index is 0.0394. The summed E-state index contributed by atoms with van der Waals surface area (Å²) in [5, 5.41) is 16.9. The molecule has 2 aliphatic heterocycles. The van der Waals surface area contributed by atoms with Crippen LogP contribution in [0.2, 0.25) is 0 Å². The normalized spacial score (nSPS) is 22.0. The highest BCUT2D eigenvalue weighted by atomic mass is 16.5. The number of hydrogen-bond acceptors (Lipinski definition) is 6. The average Bonchev–Trinajstić information content (AvgIpc) is 3.16. The van der Waals surface area contributed by atoms with Gasteiger partial charge >= 0.3 is 0 Å². The molecule has 8 nitrogen and oxygen atoms in total. The van der Waals surface area contributed by atoms with E-state index in [9.17, 15) is 10.1 Å². The summed E-state index contributed by atoms with van der Waals surface area (Å²) in [7, 11) is 0. The highest BCUT2D eigenvalue weighted by Crippen LogP contribution is 2.41. The first-order chi connectivity index (χ1) is 15.1. The lowest BCUT2D eigenvalue weighted by Gasteiger charge is -2.56. The molecule has 5 heterocycles. The molecule has 2 fully saturated rings. The van der Waals surface area contributed by atoms with E-state index >= 15 is 0 Å². The van der Waals surface area contributed by atoms with Crippen LogP contribution in [0.1, 0.15) is 38.7 Å². The lowest BCUT2D eigenvalue weighted by Crippen LogP contribution is -2.64. The zero-order chi connectivity index (χ0) is 21.5. The summed E-state index contributed by atoms with van der Waals surface area (Å²) < 4.78 is 7.38. The Morgan fingerprint density at radius 1 is 1.29 bits per heavy atom. The topological polar surface area (TPSA) is 95.5 Å². The van der Waals surface area contributed by atoms with Gasteiger partial charge in [0.2, 0.25) is 5.91 Å². The largest absolute Gasteiger partial charge is 0.492 e. The molecule has 3 aromatic heterocycles. The van der Waals surface area contributed by atoms with E-state index in [1.54, 1.807) is 23.8 Å². The van der Waals surface area contributed by atoms with Crippen LogP contribution in [0.5, 0.6) is 5.75 Å². The van der Waals surface area contributed by atoms with Gasteiger partial charge in [-0.2, -0.15) is 10.4 Å². The Bertz CT molecular complexity index is 1170. The maximum absolute atomic E-state index is 11.4. The molecule has 3 aromatic rings. The Kier molecular flexibility index (Phi) is 4.74. The molecule has 2 saturated heterocycles. The van der Waals surface area contributed by atoms with Crippen molar-refractivity contribution in [3.05, 3.63) is 42.4 Å². The molecule has 1 amide bonds. The second-order valence-electron chi connectivity index (χ2n) is 8.21. The lowest BCUT2D eigenvalue weighted by molar-refractivity contribution is -0.120. The van der Waals surface area contributed by atoms with Crippen molar-refractivity contribution in [2.45, 2.75) is 51.2 Å². The van der Waals surface area contributed by atoms with Gasteiger partial charge < -0.3 is 15.0 Å². The van der Waals surface area contributed by atoms with Gasteiger partial charge in [-0.05, 0) is 44.4 Å². The van der Waals surface area contributed by atoms with Crippen LogP contribution in [-0.2, 0) is 4.79 Å². The van der Waals surface area contributed by atoms with Gasteiger partial charge in [-0.15, -0.1) is 0 Å². The number of fused-ring (bicyclic) bond motifs is 3. The third-order valence-corrected chi connectivity index (χ3v) is 6.19. The molecule has 1 N–H and O–H groups in total. The van der Waals surface area contributed by atoms with E-state index in [-0.39, 0.29) is 11.9 Å². The van der Waals surface area contributed by atoms with E-state index in [0.717, 1.165) is 41.7 Å². The zero-order valence-corrected chi connectivity index (χ0v) is 17.6. The van der Waals surface area contributed by atoms with Crippen molar-refractivity contribution in [2.24, 2.45) is 0 Å². The summed E-state index contributed by atoms with van der Waals surface area (Å²) in [6, 6.07) is 9.34. The average molecular weight is 416 g/mol.